The van der Waals surface area contributed by atoms with E-state index in [1.165, 1.54) is 31.4 Å². The standard InChI is InChI=1S/C14H16N2O4/c1-20-14-10-11(16(18)19)4-5-12(14)13(17)6-9-15-7-2-3-8-15/h4-6,9-10H,2-3,7-8H2,1H3. The Hall–Kier alpha value is -2.37. The summed E-state index contributed by atoms with van der Waals surface area (Å²) in [4.78, 5) is 24.4. The third-order valence-corrected chi connectivity index (χ3v) is 3.24. The molecule has 1 aliphatic rings. The summed E-state index contributed by atoms with van der Waals surface area (Å²) in [6.07, 6.45) is 5.53. The van der Waals surface area contributed by atoms with Gasteiger partial charge in [-0.2, -0.15) is 0 Å². The van der Waals surface area contributed by atoms with E-state index in [0.717, 1.165) is 25.9 Å². The van der Waals surface area contributed by atoms with Crippen LogP contribution >= 0.6 is 0 Å². The Morgan fingerprint density at radius 1 is 1.40 bits per heavy atom. The number of carbonyl (C=O) groups excluding carboxylic acids is 1. The Morgan fingerprint density at radius 3 is 2.70 bits per heavy atom. The quantitative estimate of drug-likeness (QED) is 0.357. The molecule has 1 aromatic rings. The summed E-state index contributed by atoms with van der Waals surface area (Å²) >= 11 is 0. The molecule has 0 bridgehead atoms. The molecule has 0 spiro atoms. The molecule has 1 heterocycles. The minimum Gasteiger partial charge on any atom is -0.496 e. The molecule has 2 rings (SSSR count). The van der Waals surface area contributed by atoms with E-state index in [1.807, 2.05) is 0 Å². The molecule has 0 aliphatic carbocycles. The van der Waals surface area contributed by atoms with E-state index in [-0.39, 0.29) is 17.2 Å². The van der Waals surface area contributed by atoms with E-state index in [2.05, 4.69) is 4.90 Å². The minimum absolute atomic E-state index is 0.0954. The molecule has 0 radical (unpaired) electrons. The van der Waals surface area contributed by atoms with Crippen LogP contribution in [0.5, 0.6) is 5.75 Å². The largest absolute Gasteiger partial charge is 0.496 e. The molecule has 1 aliphatic heterocycles. The van der Waals surface area contributed by atoms with Crippen molar-refractivity contribution >= 4 is 11.5 Å². The summed E-state index contributed by atoms with van der Waals surface area (Å²) in [7, 11) is 1.39. The molecular formula is C14H16N2O4. The van der Waals surface area contributed by atoms with Crippen LogP contribution in [0.15, 0.2) is 30.5 Å². The van der Waals surface area contributed by atoms with Gasteiger partial charge in [0.05, 0.1) is 23.7 Å². The van der Waals surface area contributed by atoms with Crippen molar-refractivity contribution in [2.75, 3.05) is 20.2 Å². The summed E-state index contributed by atoms with van der Waals surface area (Å²) in [5.41, 5.74) is 0.232. The van der Waals surface area contributed by atoms with Crippen LogP contribution in [0.25, 0.3) is 0 Å². The van der Waals surface area contributed by atoms with Crippen LogP contribution in [0.4, 0.5) is 5.69 Å². The lowest BCUT2D eigenvalue weighted by Gasteiger charge is -2.10. The van der Waals surface area contributed by atoms with Crippen molar-refractivity contribution in [3.8, 4) is 5.75 Å². The van der Waals surface area contributed by atoms with E-state index < -0.39 is 4.92 Å². The van der Waals surface area contributed by atoms with Gasteiger partial charge in [-0.15, -0.1) is 0 Å². The van der Waals surface area contributed by atoms with E-state index in [4.69, 9.17) is 4.74 Å². The maximum atomic E-state index is 12.1. The van der Waals surface area contributed by atoms with Crippen LogP contribution in [0.2, 0.25) is 0 Å². The molecule has 0 unspecified atom stereocenters. The number of hydrogen-bond donors (Lipinski definition) is 0. The van der Waals surface area contributed by atoms with Gasteiger partial charge in [-0.1, -0.05) is 0 Å². The molecule has 1 aromatic carbocycles. The highest BCUT2D eigenvalue weighted by molar-refractivity contribution is 6.06. The SMILES string of the molecule is COc1cc([N+](=O)[O-])ccc1C(=O)C=CN1CCCC1. The molecule has 0 N–H and O–H groups in total. The lowest BCUT2D eigenvalue weighted by Crippen LogP contribution is -2.11. The summed E-state index contributed by atoms with van der Waals surface area (Å²) in [5, 5.41) is 10.7. The lowest BCUT2D eigenvalue weighted by atomic mass is 10.1. The Bertz CT molecular complexity index is 548. The number of benzene rings is 1. The zero-order chi connectivity index (χ0) is 14.5. The minimum atomic E-state index is -0.517. The monoisotopic (exact) mass is 276 g/mol. The maximum Gasteiger partial charge on any atom is 0.273 e. The number of nitrogens with zero attached hydrogens (tertiary/aromatic N) is 2. The number of likely N-dealkylation sites (tertiary alicyclic amines) is 1. The lowest BCUT2D eigenvalue weighted by molar-refractivity contribution is -0.384. The molecule has 106 valence electrons. The fourth-order valence-electron chi connectivity index (χ4n) is 2.15. The topological polar surface area (TPSA) is 72.7 Å². The van der Waals surface area contributed by atoms with Crippen molar-refractivity contribution in [2.45, 2.75) is 12.8 Å². The number of allylic oxidation sites excluding steroid dienone is 1. The zero-order valence-corrected chi connectivity index (χ0v) is 11.2. The molecule has 6 nitrogen and oxygen atoms in total. The molecule has 20 heavy (non-hydrogen) atoms. The van der Waals surface area contributed by atoms with Crippen LogP contribution < -0.4 is 4.74 Å². The number of methoxy groups -OCH3 is 1. The van der Waals surface area contributed by atoms with Gasteiger partial charge in [0.15, 0.2) is 5.78 Å². The van der Waals surface area contributed by atoms with Crippen molar-refractivity contribution in [1.29, 1.82) is 0 Å². The van der Waals surface area contributed by atoms with Gasteiger partial charge in [0.25, 0.3) is 5.69 Å². The number of non-ortho nitro benzene ring substituents is 1. The van der Waals surface area contributed by atoms with Gasteiger partial charge in [0, 0.05) is 31.4 Å². The molecule has 0 saturated carbocycles. The smallest absolute Gasteiger partial charge is 0.273 e. The number of rotatable bonds is 5. The number of nitro benzene ring substituents is 1. The average molecular weight is 276 g/mol. The number of carbonyl (C=O) groups is 1. The summed E-state index contributed by atoms with van der Waals surface area (Å²) in [6.45, 7) is 1.92. The highest BCUT2D eigenvalue weighted by Gasteiger charge is 2.15. The molecule has 0 aromatic heterocycles. The number of nitro groups is 1. The second kappa shape index (κ2) is 6.18. The predicted octanol–water partition coefficient (Wildman–Crippen LogP) is 2.40. The predicted molar refractivity (Wildman–Crippen MR) is 73.9 cm³/mol. The Balaban J connectivity index is 2.18. The first-order chi connectivity index (χ1) is 9.61. The van der Waals surface area contributed by atoms with Gasteiger partial charge in [-0.3, -0.25) is 14.9 Å². The van der Waals surface area contributed by atoms with Gasteiger partial charge in [0.2, 0.25) is 0 Å². The molecule has 1 saturated heterocycles. The maximum absolute atomic E-state index is 12.1. The Kier molecular flexibility index (Phi) is 4.34. The fraction of sp³-hybridized carbons (Fsp3) is 0.357. The zero-order valence-electron chi connectivity index (χ0n) is 11.2. The van der Waals surface area contributed by atoms with Gasteiger partial charge in [0.1, 0.15) is 5.75 Å². The van der Waals surface area contributed by atoms with Crippen molar-refractivity contribution in [1.82, 2.24) is 4.90 Å². The van der Waals surface area contributed by atoms with Gasteiger partial charge in [-0.05, 0) is 18.9 Å². The van der Waals surface area contributed by atoms with Gasteiger partial charge < -0.3 is 9.64 Å². The van der Waals surface area contributed by atoms with Crippen LogP contribution in [-0.2, 0) is 0 Å². The second-order valence-corrected chi connectivity index (χ2v) is 4.56. The van der Waals surface area contributed by atoms with Crippen molar-refractivity contribution in [3.05, 3.63) is 46.2 Å². The highest BCUT2D eigenvalue weighted by atomic mass is 16.6. The van der Waals surface area contributed by atoms with E-state index in [1.54, 1.807) is 6.20 Å². The van der Waals surface area contributed by atoms with Crippen LogP contribution in [0, 0.1) is 10.1 Å². The van der Waals surface area contributed by atoms with Gasteiger partial charge in [-0.25, -0.2) is 0 Å². The number of hydrogen-bond acceptors (Lipinski definition) is 5. The van der Waals surface area contributed by atoms with E-state index >= 15 is 0 Å². The summed E-state index contributed by atoms with van der Waals surface area (Å²) in [6, 6.07) is 3.99. The van der Waals surface area contributed by atoms with Crippen molar-refractivity contribution in [2.24, 2.45) is 0 Å². The number of ketones is 1. The number of ether oxygens (including phenoxy) is 1. The first-order valence-corrected chi connectivity index (χ1v) is 6.41. The van der Waals surface area contributed by atoms with Gasteiger partial charge >= 0.3 is 0 Å². The Labute approximate surface area is 116 Å². The average Bonchev–Trinajstić information content (AvgIpc) is 2.97. The molecular weight excluding hydrogens is 260 g/mol. The van der Waals surface area contributed by atoms with Crippen LogP contribution in [-0.4, -0.2) is 35.8 Å². The third-order valence-electron chi connectivity index (χ3n) is 3.24. The highest BCUT2D eigenvalue weighted by Crippen LogP contribution is 2.25. The molecule has 1 fully saturated rings. The molecule has 0 amide bonds. The molecule has 0 atom stereocenters. The van der Waals surface area contributed by atoms with Crippen LogP contribution in [0.1, 0.15) is 23.2 Å². The van der Waals surface area contributed by atoms with E-state index in [0.29, 0.717) is 5.56 Å². The molecule has 6 heteroatoms. The van der Waals surface area contributed by atoms with E-state index in [9.17, 15) is 14.9 Å². The Morgan fingerprint density at radius 2 is 2.10 bits per heavy atom. The van der Waals surface area contributed by atoms with Crippen molar-refractivity contribution in [3.63, 3.8) is 0 Å². The first-order valence-electron chi connectivity index (χ1n) is 6.41. The second-order valence-electron chi connectivity index (χ2n) is 4.56. The summed E-state index contributed by atoms with van der Waals surface area (Å²) < 4.78 is 5.06. The fourth-order valence-corrected chi connectivity index (χ4v) is 2.15. The van der Waals surface area contributed by atoms with Crippen molar-refractivity contribution < 1.29 is 14.5 Å². The third kappa shape index (κ3) is 3.14. The summed E-state index contributed by atoms with van der Waals surface area (Å²) in [5.74, 6) is -0.00100. The first kappa shape index (κ1) is 14.0. The van der Waals surface area contributed by atoms with Crippen LogP contribution in [0.3, 0.4) is 0 Å². The normalized spacial score (nSPS) is 14.8.